The SMILES string of the molecule is CC(C)(C)C(=O)N1CCN(C(=O)CNC(=O)c2cccc(F)c2)CC1. The predicted octanol–water partition coefficient (Wildman–Crippen LogP) is 1.27. The van der Waals surface area contributed by atoms with E-state index in [9.17, 15) is 18.8 Å². The minimum absolute atomic E-state index is 0.0685. The number of carbonyl (C=O) groups is 3. The monoisotopic (exact) mass is 349 g/mol. The Hall–Kier alpha value is -2.44. The van der Waals surface area contributed by atoms with Crippen LogP contribution in [0.5, 0.6) is 0 Å². The fraction of sp³-hybridized carbons (Fsp3) is 0.500. The van der Waals surface area contributed by atoms with Gasteiger partial charge < -0.3 is 15.1 Å². The van der Waals surface area contributed by atoms with Gasteiger partial charge in [-0.1, -0.05) is 26.8 Å². The molecule has 0 radical (unpaired) electrons. The molecule has 0 spiro atoms. The van der Waals surface area contributed by atoms with Crippen LogP contribution in [0.3, 0.4) is 0 Å². The number of piperazine rings is 1. The topological polar surface area (TPSA) is 69.7 Å². The molecule has 1 aromatic rings. The number of amides is 3. The van der Waals surface area contributed by atoms with Crippen LogP contribution in [-0.4, -0.2) is 60.2 Å². The second-order valence-electron chi connectivity index (χ2n) is 7.12. The van der Waals surface area contributed by atoms with Crippen molar-refractivity contribution in [3.05, 3.63) is 35.6 Å². The molecule has 0 saturated carbocycles. The first-order valence-corrected chi connectivity index (χ1v) is 8.29. The molecule has 1 aliphatic heterocycles. The number of carbonyl (C=O) groups excluding carboxylic acids is 3. The van der Waals surface area contributed by atoms with Crippen molar-refractivity contribution in [2.24, 2.45) is 5.41 Å². The van der Waals surface area contributed by atoms with Crippen LogP contribution >= 0.6 is 0 Å². The maximum atomic E-state index is 13.1. The van der Waals surface area contributed by atoms with Gasteiger partial charge in [-0.3, -0.25) is 14.4 Å². The molecule has 3 amide bonds. The third-order valence-electron chi connectivity index (χ3n) is 4.05. The van der Waals surface area contributed by atoms with Gasteiger partial charge in [-0.25, -0.2) is 4.39 Å². The van der Waals surface area contributed by atoms with Crippen LogP contribution in [0.15, 0.2) is 24.3 Å². The van der Waals surface area contributed by atoms with Crippen LogP contribution < -0.4 is 5.32 Å². The minimum atomic E-state index is -0.501. The molecule has 6 nitrogen and oxygen atoms in total. The van der Waals surface area contributed by atoms with Crippen molar-refractivity contribution in [3.63, 3.8) is 0 Å². The number of nitrogens with one attached hydrogen (secondary N) is 1. The molecular formula is C18H24FN3O3. The highest BCUT2D eigenvalue weighted by Crippen LogP contribution is 2.18. The van der Waals surface area contributed by atoms with Gasteiger partial charge in [0.2, 0.25) is 11.8 Å². The standard InChI is InChI=1S/C18H24FN3O3/c1-18(2,3)17(25)22-9-7-21(8-10-22)15(23)12-20-16(24)13-5-4-6-14(19)11-13/h4-6,11H,7-10,12H2,1-3H3,(H,20,24). The Morgan fingerprint density at radius 1 is 1.08 bits per heavy atom. The summed E-state index contributed by atoms with van der Waals surface area (Å²) in [5, 5.41) is 2.50. The zero-order valence-electron chi connectivity index (χ0n) is 14.8. The van der Waals surface area contributed by atoms with Gasteiger partial charge in [-0.15, -0.1) is 0 Å². The molecule has 1 aliphatic rings. The van der Waals surface area contributed by atoms with Crippen molar-refractivity contribution in [1.82, 2.24) is 15.1 Å². The lowest BCUT2D eigenvalue weighted by molar-refractivity contribution is -0.144. The minimum Gasteiger partial charge on any atom is -0.343 e. The molecule has 0 bridgehead atoms. The number of hydrogen-bond acceptors (Lipinski definition) is 3. The van der Waals surface area contributed by atoms with E-state index in [2.05, 4.69) is 5.32 Å². The number of benzene rings is 1. The molecule has 0 aromatic heterocycles. The Kier molecular flexibility index (Phi) is 5.77. The molecule has 1 N–H and O–H groups in total. The zero-order chi connectivity index (χ0) is 18.6. The van der Waals surface area contributed by atoms with Crippen molar-refractivity contribution in [2.45, 2.75) is 20.8 Å². The fourth-order valence-corrected chi connectivity index (χ4v) is 2.63. The second-order valence-corrected chi connectivity index (χ2v) is 7.12. The smallest absolute Gasteiger partial charge is 0.251 e. The largest absolute Gasteiger partial charge is 0.343 e. The molecule has 25 heavy (non-hydrogen) atoms. The predicted molar refractivity (Wildman–Crippen MR) is 91.3 cm³/mol. The van der Waals surface area contributed by atoms with Crippen LogP contribution in [0.25, 0.3) is 0 Å². The summed E-state index contributed by atoms with van der Waals surface area (Å²) in [7, 11) is 0. The summed E-state index contributed by atoms with van der Waals surface area (Å²) in [5.74, 6) is -1.14. The van der Waals surface area contributed by atoms with Crippen molar-refractivity contribution >= 4 is 17.7 Å². The van der Waals surface area contributed by atoms with E-state index in [-0.39, 0.29) is 23.9 Å². The van der Waals surface area contributed by atoms with Crippen molar-refractivity contribution in [3.8, 4) is 0 Å². The molecule has 136 valence electrons. The van der Waals surface area contributed by atoms with Gasteiger partial charge in [-0.05, 0) is 18.2 Å². The second kappa shape index (κ2) is 7.63. The molecule has 2 rings (SSSR count). The van der Waals surface area contributed by atoms with Crippen LogP contribution in [0, 0.1) is 11.2 Å². The van der Waals surface area contributed by atoms with Crippen molar-refractivity contribution in [2.75, 3.05) is 32.7 Å². The Morgan fingerprint density at radius 2 is 1.68 bits per heavy atom. The number of nitrogens with zero attached hydrogens (tertiary/aromatic N) is 2. The first kappa shape index (κ1) is 18.9. The van der Waals surface area contributed by atoms with Gasteiger partial charge in [0.1, 0.15) is 5.82 Å². The highest BCUT2D eigenvalue weighted by molar-refractivity contribution is 5.96. The number of hydrogen-bond donors (Lipinski definition) is 1. The molecule has 0 unspecified atom stereocenters. The zero-order valence-corrected chi connectivity index (χ0v) is 14.8. The lowest BCUT2D eigenvalue weighted by atomic mass is 9.94. The maximum absolute atomic E-state index is 13.1. The third kappa shape index (κ3) is 5.01. The lowest BCUT2D eigenvalue weighted by Gasteiger charge is -2.37. The molecule has 0 aliphatic carbocycles. The summed E-state index contributed by atoms with van der Waals surface area (Å²) < 4.78 is 13.1. The highest BCUT2D eigenvalue weighted by atomic mass is 19.1. The summed E-state index contributed by atoms with van der Waals surface area (Å²) in [6, 6.07) is 5.30. The summed E-state index contributed by atoms with van der Waals surface area (Å²) >= 11 is 0. The quantitative estimate of drug-likeness (QED) is 0.893. The van der Waals surface area contributed by atoms with Gasteiger partial charge in [-0.2, -0.15) is 0 Å². The Morgan fingerprint density at radius 3 is 2.24 bits per heavy atom. The van der Waals surface area contributed by atoms with E-state index >= 15 is 0 Å². The van der Waals surface area contributed by atoms with Gasteiger partial charge >= 0.3 is 0 Å². The van der Waals surface area contributed by atoms with E-state index in [1.807, 2.05) is 20.8 Å². The first-order chi connectivity index (χ1) is 11.7. The van der Waals surface area contributed by atoms with Gasteiger partial charge in [0.05, 0.1) is 6.54 Å². The highest BCUT2D eigenvalue weighted by Gasteiger charge is 2.30. The van der Waals surface area contributed by atoms with E-state index in [4.69, 9.17) is 0 Å². The normalized spacial score (nSPS) is 15.0. The maximum Gasteiger partial charge on any atom is 0.251 e. The van der Waals surface area contributed by atoms with E-state index in [1.54, 1.807) is 9.80 Å². The number of halogens is 1. The molecular weight excluding hydrogens is 325 g/mol. The van der Waals surface area contributed by atoms with Crippen LogP contribution in [0.2, 0.25) is 0 Å². The van der Waals surface area contributed by atoms with Gasteiger partial charge in [0.15, 0.2) is 0 Å². The third-order valence-corrected chi connectivity index (χ3v) is 4.05. The van der Waals surface area contributed by atoms with Crippen LogP contribution in [0.4, 0.5) is 4.39 Å². The summed E-state index contributed by atoms with van der Waals surface area (Å²) in [6.07, 6.45) is 0. The average molecular weight is 349 g/mol. The molecule has 1 saturated heterocycles. The first-order valence-electron chi connectivity index (χ1n) is 8.29. The summed E-state index contributed by atoms with van der Waals surface area (Å²) in [4.78, 5) is 39.8. The molecule has 7 heteroatoms. The Bertz CT molecular complexity index is 662. The van der Waals surface area contributed by atoms with E-state index in [0.29, 0.717) is 26.2 Å². The van der Waals surface area contributed by atoms with E-state index in [0.717, 1.165) is 6.07 Å². The lowest BCUT2D eigenvalue weighted by Crippen LogP contribution is -2.54. The summed E-state index contributed by atoms with van der Waals surface area (Å²) in [6.45, 7) is 7.31. The molecule has 1 aromatic carbocycles. The molecule has 1 heterocycles. The van der Waals surface area contributed by atoms with Crippen LogP contribution in [-0.2, 0) is 9.59 Å². The molecule has 0 atom stereocenters. The van der Waals surface area contributed by atoms with Crippen molar-refractivity contribution < 1.29 is 18.8 Å². The van der Waals surface area contributed by atoms with Crippen LogP contribution in [0.1, 0.15) is 31.1 Å². The number of rotatable bonds is 3. The molecule has 1 fully saturated rings. The van der Waals surface area contributed by atoms with E-state index < -0.39 is 17.1 Å². The van der Waals surface area contributed by atoms with Gasteiger partial charge in [0.25, 0.3) is 5.91 Å². The van der Waals surface area contributed by atoms with Gasteiger partial charge in [0, 0.05) is 37.2 Å². The Balaban J connectivity index is 1.81. The Labute approximate surface area is 147 Å². The summed E-state index contributed by atoms with van der Waals surface area (Å²) in [5.41, 5.74) is -0.265. The van der Waals surface area contributed by atoms with Crippen molar-refractivity contribution in [1.29, 1.82) is 0 Å². The fourth-order valence-electron chi connectivity index (χ4n) is 2.63. The van der Waals surface area contributed by atoms with E-state index in [1.165, 1.54) is 18.2 Å². The average Bonchev–Trinajstić information content (AvgIpc) is 2.58.